The average Bonchev–Trinajstić information content (AvgIpc) is 2.68. The molecule has 17 heavy (non-hydrogen) atoms. The molecule has 96 valence electrons. The monoisotopic (exact) mass is 278 g/mol. The van der Waals surface area contributed by atoms with Crippen molar-refractivity contribution in [2.24, 2.45) is 5.92 Å². The largest absolute Gasteiger partial charge is 0.480 e. The molecule has 1 saturated heterocycles. The van der Waals surface area contributed by atoms with E-state index in [1.165, 1.54) is 5.56 Å². The molecular weight excluding hydrogens is 263 g/mol. The number of carboxylic acid groups (broad SMARTS) is 1. The molecule has 4 nitrogen and oxygen atoms in total. The van der Waals surface area contributed by atoms with Gasteiger partial charge in [0.15, 0.2) is 0 Å². The minimum absolute atomic E-state index is 0. The summed E-state index contributed by atoms with van der Waals surface area (Å²) in [7, 11) is 0. The third kappa shape index (κ3) is 4.50. The number of aliphatic carboxylic acids is 1. The van der Waals surface area contributed by atoms with Crippen molar-refractivity contribution in [3.05, 3.63) is 30.1 Å². The number of aromatic nitrogens is 1. The van der Waals surface area contributed by atoms with Crippen LogP contribution in [-0.2, 0) is 11.2 Å². The van der Waals surface area contributed by atoms with E-state index < -0.39 is 5.97 Å². The van der Waals surface area contributed by atoms with Crippen LogP contribution in [0, 0.1) is 5.92 Å². The van der Waals surface area contributed by atoms with Gasteiger partial charge in [0.2, 0.25) is 0 Å². The second-order valence-electron chi connectivity index (χ2n) is 3.97. The standard InChI is InChI=1S/C11H14N2O2.2ClH/c14-11(15)10-5-9(7-13-10)4-8-2-1-3-12-6-8;;/h1-3,6,9-10,13H,4-5,7H2,(H,14,15);2*1H. The first kappa shape index (κ1) is 16.2. The van der Waals surface area contributed by atoms with Crippen LogP contribution in [0.15, 0.2) is 24.5 Å². The Morgan fingerprint density at radius 2 is 2.29 bits per heavy atom. The number of nitrogens with one attached hydrogen (secondary N) is 1. The molecule has 2 heterocycles. The summed E-state index contributed by atoms with van der Waals surface area (Å²) in [6, 6.07) is 3.57. The Hall–Kier alpha value is -0.840. The van der Waals surface area contributed by atoms with Gasteiger partial charge in [-0.1, -0.05) is 6.07 Å². The topological polar surface area (TPSA) is 62.2 Å². The maximum atomic E-state index is 10.7. The third-order valence-electron chi connectivity index (χ3n) is 2.77. The van der Waals surface area contributed by atoms with Crippen LogP contribution in [0.25, 0.3) is 0 Å². The van der Waals surface area contributed by atoms with Gasteiger partial charge in [0.1, 0.15) is 6.04 Å². The molecule has 0 aromatic carbocycles. The zero-order valence-corrected chi connectivity index (χ0v) is 10.8. The minimum Gasteiger partial charge on any atom is -0.480 e. The minimum atomic E-state index is -0.747. The molecule has 0 spiro atoms. The van der Waals surface area contributed by atoms with E-state index in [-0.39, 0.29) is 30.9 Å². The predicted octanol–water partition coefficient (Wildman–Crippen LogP) is 1.53. The van der Waals surface area contributed by atoms with Crippen LogP contribution in [-0.4, -0.2) is 28.6 Å². The highest BCUT2D eigenvalue weighted by molar-refractivity contribution is 5.85. The molecule has 0 saturated carbocycles. The molecule has 1 aliphatic rings. The Balaban J connectivity index is 0.00000128. The van der Waals surface area contributed by atoms with Crippen molar-refractivity contribution in [3.63, 3.8) is 0 Å². The molecule has 2 unspecified atom stereocenters. The zero-order chi connectivity index (χ0) is 10.7. The molecule has 0 amide bonds. The highest BCUT2D eigenvalue weighted by Gasteiger charge is 2.28. The quantitative estimate of drug-likeness (QED) is 0.880. The maximum Gasteiger partial charge on any atom is 0.320 e. The Bertz CT molecular complexity index is 349. The van der Waals surface area contributed by atoms with Crippen LogP contribution >= 0.6 is 24.8 Å². The van der Waals surface area contributed by atoms with E-state index >= 15 is 0 Å². The summed E-state index contributed by atoms with van der Waals surface area (Å²) in [5.74, 6) is -0.334. The second kappa shape index (κ2) is 7.48. The van der Waals surface area contributed by atoms with Gasteiger partial charge in [-0.05, 0) is 36.9 Å². The van der Waals surface area contributed by atoms with Crippen LogP contribution in [0.5, 0.6) is 0 Å². The molecule has 1 fully saturated rings. The number of pyridine rings is 1. The summed E-state index contributed by atoms with van der Waals surface area (Å²) in [5, 5.41) is 11.8. The fraction of sp³-hybridized carbons (Fsp3) is 0.455. The molecule has 0 aliphatic carbocycles. The molecule has 0 radical (unpaired) electrons. The summed E-state index contributed by atoms with van der Waals surface area (Å²) in [6.45, 7) is 0.784. The Morgan fingerprint density at radius 1 is 1.53 bits per heavy atom. The predicted molar refractivity (Wildman–Crippen MR) is 70.0 cm³/mol. The lowest BCUT2D eigenvalue weighted by molar-refractivity contribution is -0.139. The van der Waals surface area contributed by atoms with Crippen molar-refractivity contribution in [1.82, 2.24) is 10.3 Å². The van der Waals surface area contributed by atoms with E-state index in [2.05, 4.69) is 10.3 Å². The SMILES string of the molecule is Cl.Cl.O=C(O)C1CC(Cc2cccnc2)CN1. The fourth-order valence-electron chi connectivity index (χ4n) is 2.00. The Labute approximate surface area is 113 Å². The van der Waals surface area contributed by atoms with Gasteiger partial charge in [0, 0.05) is 12.4 Å². The van der Waals surface area contributed by atoms with E-state index in [4.69, 9.17) is 5.11 Å². The van der Waals surface area contributed by atoms with E-state index in [0.717, 1.165) is 13.0 Å². The van der Waals surface area contributed by atoms with E-state index in [1.54, 1.807) is 6.20 Å². The number of carbonyl (C=O) groups is 1. The molecule has 1 aliphatic heterocycles. The number of hydrogen-bond acceptors (Lipinski definition) is 3. The van der Waals surface area contributed by atoms with Crippen LogP contribution in [0.3, 0.4) is 0 Å². The van der Waals surface area contributed by atoms with Gasteiger partial charge in [-0.25, -0.2) is 0 Å². The molecule has 1 aromatic heterocycles. The molecular formula is C11H16Cl2N2O2. The first-order chi connectivity index (χ1) is 7.25. The number of nitrogens with zero attached hydrogens (tertiary/aromatic N) is 1. The van der Waals surface area contributed by atoms with Crippen LogP contribution in [0.2, 0.25) is 0 Å². The van der Waals surface area contributed by atoms with Gasteiger partial charge in [0.25, 0.3) is 0 Å². The molecule has 2 rings (SSSR count). The molecule has 2 N–H and O–H groups in total. The second-order valence-corrected chi connectivity index (χ2v) is 3.97. The van der Waals surface area contributed by atoms with Gasteiger partial charge in [-0.15, -0.1) is 24.8 Å². The van der Waals surface area contributed by atoms with Crippen LogP contribution in [0.1, 0.15) is 12.0 Å². The van der Waals surface area contributed by atoms with Crippen molar-refractivity contribution >= 4 is 30.8 Å². The highest BCUT2D eigenvalue weighted by Crippen LogP contribution is 2.18. The smallest absolute Gasteiger partial charge is 0.320 e. The van der Waals surface area contributed by atoms with E-state index in [9.17, 15) is 4.79 Å². The summed E-state index contributed by atoms with van der Waals surface area (Å²) in [4.78, 5) is 14.8. The Morgan fingerprint density at radius 3 is 2.82 bits per heavy atom. The number of hydrogen-bond donors (Lipinski definition) is 2. The molecule has 6 heteroatoms. The molecule has 0 bridgehead atoms. The van der Waals surface area contributed by atoms with Gasteiger partial charge in [-0.3, -0.25) is 9.78 Å². The summed E-state index contributed by atoms with van der Waals surface area (Å²) < 4.78 is 0. The fourth-order valence-corrected chi connectivity index (χ4v) is 2.00. The Kier molecular flexibility index (Phi) is 7.11. The summed E-state index contributed by atoms with van der Waals surface area (Å²) in [6.07, 6.45) is 5.21. The van der Waals surface area contributed by atoms with Crippen LogP contribution < -0.4 is 5.32 Å². The van der Waals surface area contributed by atoms with Crippen molar-refractivity contribution in [2.75, 3.05) is 6.54 Å². The summed E-state index contributed by atoms with van der Waals surface area (Å²) in [5.41, 5.74) is 1.18. The zero-order valence-electron chi connectivity index (χ0n) is 9.20. The normalized spacial score (nSPS) is 22.4. The van der Waals surface area contributed by atoms with E-state index in [0.29, 0.717) is 12.3 Å². The lowest BCUT2D eigenvalue weighted by Gasteiger charge is -2.07. The van der Waals surface area contributed by atoms with Gasteiger partial charge in [0.05, 0.1) is 0 Å². The van der Waals surface area contributed by atoms with Crippen molar-refractivity contribution < 1.29 is 9.90 Å². The molecule has 2 atom stereocenters. The first-order valence-corrected chi connectivity index (χ1v) is 5.11. The lowest BCUT2D eigenvalue weighted by Crippen LogP contribution is -2.29. The van der Waals surface area contributed by atoms with Gasteiger partial charge < -0.3 is 10.4 Å². The highest BCUT2D eigenvalue weighted by atomic mass is 35.5. The molecule has 1 aromatic rings. The summed E-state index contributed by atoms with van der Waals surface area (Å²) >= 11 is 0. The van der Waals surface area contributed by atoms with Crippen molar-refractivity contribution in [1.29, 1.82) is 0 Å². The third-order valence-corrected chi connectivity index (χ3v) is 2.77. The first-order valence-electron chi connectivity index (χ1n) is 5.11. The maximum absolute atomic E-state index is 10.7. The van der Waals surface area contributed by atoms with Crippen molar-refractivity contribution in [3.8, 4) is 0 Å². The van der Waals surface area contributed by atoms with Crippen molar-refractivity contribution in [2.45, 2.75) is 18.9 Å². The number of carboxylic acids is 1. The van der Waals surface area contributed by atoms with Crippen LogP contribution in [0.4, 0.5) is 0 Å². The number of rotatable bonds is 3. The number of halogens is 2. The lowest BCUT2D eigenvalue weighted by atomic mass is 9.98. The van der Waals surface area contributed by atoms with E-state index in [1.807, 2.05) is 18.3 Å². The van der Waals surface area contributed by atoms with Gasteiger partial charge in [-0.2, -0.15) is 0 Å². The average molecular weight is 279 g/mol. The van der Waals surface area contributed by atoms with Gasteiger partial charge >= 0.3 is 5.97 Å².